The van der Waals surface area contributed by atoms with Crippen LogP contribution in [0.25, 0.3) is 0 Å². The maximum absolute atomic E-state index is 13.9. The summed E-state index contributed by atoms with van der Waals surface area (Å²) in [7, 11) is 1.64. The van der Waals surface area contributed by atoms with Crippen molar-refractivity contribution in [3.8, 4) is 11.5 Å². The Morgan fingerprint density at radius 1 is 0.966 bits per heavy atom. The highest BCUT2D eigenvalue weighted by atomic mass is 16.5. The van der Waals surface area contributed by atoms with Gasteiger partial charge in [-0.2, -0.15) is 10.2 Å². The highest BCUT2D eigenvalue weighted by molar-refractivity contribution is 6.08. The smallest absolute Gasteiger partial charge is 0.200 e. The van der Waals surface area contributed by atoms with Crippen LogP contribution in [0.1, 0.15) is 33.5 Å². The zero-order valence-electron chi connectivity index (χ0n) is 16.0. The van der Waals surface area contributed by atoms with E-state index < -0.39 is 11.6 Å². The largest absolute Gasteiger partial charge is 0.496 e. The summed E-state index contributed by atoms with van der Waals surface area (Å²) in [5.41, 5.74) is 1.18. The third kappa shape index (κ3) is 2.58. The van der Waals surface area contributed by atoms with E-state index in [2.05, 4.69) is 10.2 Å². The molecule has 3 atom stereocenters. The average Bonchev–Trinajstić information content (AvgIpc) is 3.22. The topological polar surface area (TPSA) is 60.2 Å². The lowest BCUT2D eigenvalue weighted by Crippen LogP contribution is -2.51. The predicted octanol–water partition coefficient (Wildman–Crippen LogP) is 5.00. The monoisotopic (exact) mass is 384 g/mol. The summed E-state index contributed by atoms with van der Waals surface area (Å²) >= 11 is 0. The minimum atomic E-state index is -1.18. The quantitative estimate of drug-likeness (QED) is 0.638. The van der Waals surface area contributed by atoms with Gasteiger partial charge in [-0.25, -0.2) is 0 Å². The number of Topliss-reactive ketones (excluding diaryl/α,β-unsaturated/α-hetero) is 1. The minimum Gasteiger partial charge on any atom is -0.496 e. The minimum absolute atomic E-state index is 0.0645. The Balaban J connectivity index is 1.74. The fourth-order valence-corrected chi connectivity index (χ4v) is 4.44. The van der Waals surface area contributed by atoms with E-state index in [1.54, 1.807) is 13.2 Å². The molecule has 29 heavy (non-hydrogen) atoms. The number of fused-ring (bicyclic) bond motifs is 1. The fourth-order valence-electron chi connectivity index (χ4n) is 4.44. The van der Waals surface area contributed by atoms with Crippen molar-refractivity contribution in [2.45, 2.75) is 17.6 Å². The number of hydrogen-bond acceptors (Lipinski definition) is 5. The van der Waals surface area contributed by atoms with Crippen LogP contribution in [0, 0.1) is 0 Å². The number of methoxy groups -OCH3 is 1. The third-order valence-electron chi connectivity index (χ3n) is 5.79. The lowest BCUT2D eigenvalue weighted by atomic mass is 9.69. The van der Waals surface area contributed by atoms with Crippen LogP contribution in [0.3, 0.4) is 0 Å². The van der Waals surface area contributed by atoms with Crippen molar-refractivity contribution in [1.82, 2.24) is 0 Å². The van der Waals surface area contributed by atoms with E-state index in [4.69, 9.17) is 9.47 Å². The maximum Gasteiger partial charge on any atom is 0.200 e. The Bertz CT molecular complexity index is 1100. The van der Waals surface area contributed by atoms with Crippen molar-refractivity contribution in [3.63, 3.8) is 0 Å². The summed E-state index contributed by atoms with van der Waals surface area (Å²) in [4.78, 5) is 13.9. The van der Waals surface area contributed by atoms with Crippen molar-refractivity contribution in [2.24, 2.45) is 10.2 Å². The first-order valence-corrected chi connectivity index (χ1v) is 9.62. The average molecular weight is 384 g/mol. The van der Waals surface area contributed by atoms with Crippen LogP contribution in [0.5, 0.6) is 11.5 Å². The molecule has 1 spiro atoms. The molecule has 5 nitrogen and oxygen atoms in total. The van der Waals surface area contributed by atoms with Gasteiger partial charge in [-0.05, 0) is 23.8 Å². The van der Waals surface area contributed by atoms with Crippen molar-refractivity contribution in [1.29, 1.82) is 0 Å². The molecular formula is C24H20N2O3. The normalized spacial score (nSPS) is 24.9. The van der Waals surface area contributed by atoms with Gasteiger partial charge in [0.15, 0.2) is 11.6 Å². The molecule has 0 aliphatic carbocycles. The fraction of sp³-hybridized carbons (Fsp3) is 0.208. The van der Waals surface area contributed by atoms with Gasteiger partial charge in [-0.3, -0.25) is 4.79 Å². The van der Waals surface area contributed by atoms with Gasteiger partial charge >= 0.3 is 0 Å². The number of para-hydroxylation sites is 2. The Kier molecular flexibility index (Phi) is 4.16. The number of carbonyl (C=O) groups is 1. The number of carbonyl (C=O) groups excluding carboxylic acids is 1. The van der Waals surface area contributed by atoms with Gasteiger partial charge < -0.3 is 9.47 Å². The van der Waals surface area contributed by atoms with E-state index in [0.717, 1.165) is 16.9 Å². The van der Waals surface area contributed by atoms with Crippen molar-refractivity contribution >= 4 is 5.78 Å². The zero-order chi connectivity index (χ0) is 19.8. The number of benzene rings is 3. The van der Waals surface area contributed by atoms with E-state index >= 15 is 0 Å². The lowest BCUT2D eigenvalue weighted by Gasteiger charge is -2.41. The molecule has 0 aromatic heterocycles. The van der Waals surface area contributed by atoms with Crippen LogP contribution < -0.4 is 9.47 Å². The van der Waals surface area contributed by atoms with Gasteiger partial charge in [0.05, 0.1) is 19.2 Å². The molecule has 5 heteroatoms. The van der Waals surface area contributed by atoms with E-state index in [0.29, 0.717) is 17.9 Å². The van der Waals surface area contributed by atoms with Crippen molar-refractivity contribution in [2.75, 3.05) is 13.7 Å². The van der Waals surface area contributed by atoms with Crippen LogP contribution in [-0.2, 0) is 0 Å². The first-order valence-electron chi connectivity index (χ1n) is 9.62. The summed E-state index contributed by atoms with van der Waals surface area (Å²) in [5, 5.41) is 8.95. The van der Waals surface area contributed by atoms with Gasteiger partial charge in [0.2, 0.25) is 5.78 Å². The second-order valence-corrected chi connectivity index (χ2v) is 7.28. The summed E-state index contributed by atoms with van der Waals surface area (Å²) in [6.07, 6.45) is -0.577. The molecule has 2 heterocycles. The molecule has 0 amide bonds. The molecule has 2 aliphatic heterocycles. The molecule has 5 rings (SSSR count). The van der Waals surface area contributed by atoms with E-state index in [9.17, 15) is 4.79 Å². The van der Waals surface area contributed by atoms with E-state index in [1.807, 2.05) is 72.8 Å². The van der Waals surface area contributed by atoms with E-state index in [-0.39, 0.29) is 11.7 Å². The summed E-state index contributed by atoms with van der Waals surface area (Å²) in [6, 6.07) is 24.9. The van der Waals surface area contributed by atoms with Gasteiger partial charge in [0.1, 0.15) is 11.5 Å². The highest BCUT2D eigenvalue weighted by Crippen LogP contribution is 2.54. The van der Waals surface area contributed by atoms with Gasteiger partial charge in [-0.15, -0.1) is 0 Å². The summed E-state index contributed by atoms with van der Waals surface area (Å²) < 4.78 is 12.0. The molecule has 144 valence electrons. The highest BCUT2D eigenvalue weighted by Gasteiger charge is 2.60. The number of nitrogens with zero attached hydrogens (tertiary/aromatic N) is 2. The predicted molar refractivity (Wildman–Crippen MR) is 109 cm³/mol. The van der Waals surface area contributed by atoms with Gasteiger partial charge in [-0.1, -0.05) is 60.7 Å². The Morgan fingerprint density at radius 2 is 1.69 bits per heavy atom. The molecule has 2 aliphatic rings. The van der Waals surface area contributed by atoms with Crippen LogP contribution in [0.15, 0.2) is 89.1 Å². The second kappa shape index (κ2) is 6.85. The first-order chi connectivity index (χ1) is 14.3. The van der Waals surface area contributed by atoms with Crippen molar-refractivity contribution in [3.05, 3.63) is 95.6 Å². The molecule has 3 aromatic carbocycles. The molecule has 0 bridgehead atoms. The number of ketones is 1. The second-order valence-electron chi connectivity index (χ2n) is 7.28. The number of azo groups is 1. The first kappa shape index (κ1) is 17.6. The van der Waals surface area contributed by atoms with Crippen LogP contribution in [0.2, 0.25) is 0 Å². The van der Waals surface area contributed by atoms with Gasteiger partial charge in [0.25, 0.3) is 0 Å². The molecule has 0 unspecified atom stereocenters. The number of ether oxygens (including phenoxy) is 2. The molecule has 3 aromatic rings. The molecule has 0 N–H and O–H groups in total. The van der Waals surface area contributed by atoms with E-state index in [1.165, 1.54) is 0 Å². The van der Waals surface area contributed by atoms with Crippen LogP contribution in [-0.4, -0.2) is 25.0 Å². The number of rotatable bonds is 3. The lowest BCUT2D eigenvalue weighted by molar-refractivity contribution is 0.0520. The Morgan fingerprint density at radius 3 is 2.52 bits per heavy atom. The zero-order valence-corrected chi connectivity index (χ0v) is 16.0. The van der Waals surface area contributed by atoms with Crippen LogP contribution >= 0.6 is 0 Å². The van der Waals surface area contributed by atoms with Crippen LogP contribution in [0.4, 0.5) is 0 Å². The number of hydrogen-bond donors (Lipinski definition) is 0. The maximum atomic E-state index is 13.9. The Labute approximate surface area is 169 Å². The standard InChI is InChI=1S/C24H20N2O3/c1-28-20-13-7-5-11-17(20)19-15-25-26-24(19)22(27)18-12-6-8-14-21(18)29-23(24)16-9-3-2-4-10-16/h2-14,19,23H,15H2,1H3/t19-,23+,24+/m1/s1. The third-order valence-corrected chi connectivity index (χ3v) is 5.79. The molecule has 0 saturated carbocycles. The Hall–Kier alpha value is -3.47. The molecular weight excluding hydrogens is 364 g/mol. The van der Waals surface area contributed by atoms with Crippen molar-refractivity contribution < 1.29 is 14.3 Å². The summed E-state index contributed by atoms with van der Waals surface area (Å²) in [5.74, 6) is 0.954. The SMILES string of the molecule is COc1ccccc1[C@H]1CN=N[C@]12C(=O)c1ccccc1O[C@H]2c1ccccc1. The molecule has 0 radical (unpaired) electrons. The molecule has 0 saturated heterocycles. The van der Waals surface area contributed by atoms with Gasteiger partial charge in [0, 0.05) is 11.5 Å². The molecule has 0 fully saturated rings. The summed E-state index contributed by atoms with van der Waals surface area (Å²) in [6.45, 7) is 0.404.